The molecule has 0 amide bonds. The predicted molar refractivity (Wildman–Crippen MR) is 92.0 cm³/mol. The summed E-state index contributed by atoms with van der Waals surface area (Å²) in [5.41, 5.74) is -0.966. The molecular weight excluding hydrogens is 425 g/mol. The molecule has 0 saturated heterocycles. The topological polar surface area (TPSA) is 118 Å². The van der Waals surface area contributed by atoms with E-state index in [1.807, 2.05) is 20.3 Å². The third-order valence-corrected chi connectivity index (χ3v) is 2.30. The SMILES string of the molecule is CC1=N\O[B-](F)(F)O/N=C(C)/C(C)=N/O[B-](F)(F)O\N=C\1C.C[CH-]C.O.[Co+3]. The molecule has 1 aliphatic rings. The van der Waals surface area contributed by atoms with Crippen LogP contribution in [0.1, 0.15) is 41.5 Å². The summed E-state index contributed by atoms with van der Waals surface area (Å²) in [5.74, 6) is 0. The molecule has 0 fully saturated rings. The van der Waals surface area contributed by atoms with E-state index in [2.05, 4.69) is 39.6 Å². The van der Waals surface area contributed by atoms with Gasteiger partial charge in [0.1, 0.15) is 0 Å². The van der Waals surface area contributed by atoms with Crippen LogP contribution in [0.15, 0.2) is 20.6 Å². The summed E-state index contributed by atoms with van der Waals surface area (Å²) in [7, 11) is -9.71. The maximum atomic E-state index is 13.2. The molecular formula is C11H21B2CoF4N4O5. The van der Waals surface area contributed by atoms with Crippen LogP contribution < -0.4 is 0 Å². The van der Waals surface area contributed by atoms with Gasteiger partial charge in [0.15, 0.2) is 0 Å². The van der Waals surface area contributed by atoms with E-state index in [-0.39, 0.29) is 45.1 Å². The van der Waals surface area contributed by atoms with Crippen LogP contribution in [0.25, 0.3) is 0 Å². The van der Waals surface area contributed by atoms with Gasteiger partial charge in [-0.1, -0.05) is 0 Å². The molecule has 158 valence electrons. The summed E-state index contributed by atoms with van der Waals surface area (Å²) >= 11 is 0. The molecule has 27 heavy (non-hydrogen) atoms. The second-order valence-electron chi connectivity index (χ2n) is 4.78. The van der Waals surface area contributed by atoms with Crippen molar-refractivity contribution in [3.8, 4) is 0 Å². The summed E-state index contributed by atoms with van der Waals surface area (Å²) in [4.78, 5) is 0. The average Bonchev–Trinajstić information content (AvgIpc) is 2.53. The Hall–Kier alpha value is -1.80. The molecule has 16 heteroatoms. The number of rotatable bonds is 0. The van der Waals surface area contributed by atoms with Crippen molar-refractivity contribution < 1.29 is 58.5 Å². The molecule has 0 atom stereocenters. The molecule has 0 aliphatic carbocycles. The summed E-state index contributed by atoms with van der Waals surface area (Å²) in [6.07, 6.45) is 2.00. The molecule has 0 saturated carbocycles. The van der Waals surface area contributed by atoms with Crippen molar-refractivity contribution in [1.29, 1.82) is 0 Å². The summed E-state index contributed by atoms with van der Waals surface area (Å²) in [6, 6.07) is 0. The minimum Gasteiger partial charge on any atom is -0.519 e. The summed E-state index contributed by atoms with van der Waals surface area (Å²) in [5, 5.41) is 12.1. The van der Waals surface area contributed by atoms with Gasteiger partial charge >= 0.3 is 31.0 Å². The monoisotopic (exact) mass is 446 g/mol. The Morgan fingerprint density at radius 1 is 0.630 bits per heavy atom. The minimum absolute atomic E-state index is 0. The first-order chi connectivity index (χ1) is 11.4. The standard InChI is InChI=1S/C8H12B2F4N4O4.C3H7.Co.H2O/c1-5-6(2)16-20-10(13,14)22-18-8(4)7(3)17-21-9(11,12)19-15-5;1-3-2;;/h1-4H3;3H,1-2H3;;1H2/q-2;-1;+3;/b15-5+,16-6+,17-7+,18-8+;;;. The van der Waals surface area contributed by atoms with Crippen LogP contribution in [0.2, 0.25) is 0 Å². The third kappa shape index (κ3) is 13.1. The molecule has 0 unspecified atom stereocenters. The van der Waals surface area contributed by atoms with Gasteiger partial charge in [-0.2, -0.15) is 13.8 Å². The number of hydrogen-bond donors (Lipinski definition) is 0. The Bertz CT molecular complexity index is 487. The smallest absolute Gasteiger partial charge is 0.519 e. The van der Waals surface area contributed by atoms with E-state index in [1.165, 1.54) is 27.7 Å². The Kier molecular flexibility index (Phi) is 14.8. The first-order valence-electron chi connectivity index (χ1n) is 7.10. The van der Waals surface area contributed by atoms with Gasteiger partial charge in [-0.15, -0.1) is 20.6 Å². The predicted octanol–water partition coefficient (Wildman–Crippen LogP) is 2.72. The summed E-state index contributed by atoms with van der Waals surface area (Å²) in [6.45, 7) is 8.73. The zero-order chi connectivity index (χ0) is 19.7. The van der Waals surface area contributed by atoms with Crippen molar-refractivity contribution in [1.82, 2.24) is 0 Å². The van der Waals surface area contributed by atoms with Crippen molar-refractivity contribution >= 4 is 37.1 Å². The number of oxime groups is 4. The van der Waals surface area contributed by atoms with Crippen molar-refractivity contribution in [2.45, 2.75) is 41.5 Å². The molecule has 1 rings (SSSR count). The Balaban J connectivity index is -0.00000108. The molecule has 0 aromatic rings. The van der Waals surface area contributed by atoms with Crippen molar-refractivity contribution in [3.05, 3.63) is 6.42 Å². The fraction of sp³-hybridized carbons (Fsp3) is 0.545. The second kappa shape index (κ2) is 13.4. The van der Waals surface area contributed by atoms with Gasteiger partial charge in [-0.25, -0.2) is 0 Å². The Labute approximate surface area is 164 Å². The fourth-order valence-electron chi connectivity index (χ4n) is 0.864. The number of hydrogen-bond acceptors (Lipinski definition) is 8. The van der Waals surface area contributed by atoms with E-state index < -0.39 is 14.2 Å². The molecule has 9 nitrogen and oxygen atoms in total. The first-order valence-corrected chi connectivity index (χ1v) is 7.10. The molecule has 2 N–H and O–H groups in total. The van der Waals surface area contributed by atoms with Gasteiger partial charge in [-0.3, -0.25) is 0 Å². The average molecular weight is 446 g/mol. The van der Waals surface area contributed by atoms with Crippen LogP contribution in [0, 0.1) is 6.42 Å². The second-order valence-corrected chi connectivity index (χ2v) is 4.78. The zero-order valence-electron chi connectivity index (χ0n) is 15.5. The molecule has 0 spiro atoms. The van der Waals surface area contributed by atoms with Gasteiger partial charge in [0, 0.05) is 0 Å². The van der Waals surface area contributed by atoms with Crippen LogP contribution >= 0.6 is 0 Å². The molecule has 1 aliphatic heterocycles. The van der Waals surface area contributed by atoms with E-state index in [4.69, 9.17) is 0 Å². The molecule has 0 aromatic heterocycles. The van der Waals surface area contributed by atoms with Gasteiger partial charge in [-0.05, 0) is 27.7 Å². The van der Waals surface area contributed by atoms with Gasteiger partial charge < -0.3 is 48.2 Å². The van der Waals surface area contributed by atoms with Crippen LogP contribution in [0.5, 0.6) is 0 Å². The van der Waals surface area contributed by atoms with Crippen LogP contribution in [0.3, 0.4) is 0 Å². The van der Waals surface area contributed by atoms with E-state index in [1.54, 1.807) is 0 Å². The fourth-order valence-corrected chi connectivity index (χ4v) is 0.864. The van der Waals surface area contributed by atoms with Crippen LogP contribution in [0.4, 0.5) is 17.3 Å². The van der Waals surface area contributed by atoms with E-state index in [9.17, 15) is 17.3 Å². The minimum atomic E-state index is -4.85. The number of nitrogens with zero attached hydrogens (tertiary/aromatic N) is 4. The van der Waals surface area contributed by atoms with Crippen LogP contribution in [-0.2, 0) is 35.8 Å². The molecule has 1 heterocycles. The summed E-state index contributed by atoms with van der Waals surface area (Å²) < 4.78 is 68.5. The molecule has 0 radical (unpaired) electrons. The molecule has 0 bridgehead atoms. The van der Waals surface area contributed by atoms with Crippen molar-refractivity contribution in [2.75, 3.05) is 0 Å². The van der Waals surface area contributed by atoms with Crippen molar-refractivity contribution in [3.63, 3.8) is 0 Å². The Morgan fingerprint density at radius 2 is 0.778 bits per heavy atom. The van der Waals surface area contributed by atoms with E-state index in [0.717, 1.165) is 0 Å². The van der Waals surface area contributed by atoms with Crippen LogP contribution in [-0.4, -0.2) is 42.5 Å². The maximum Gasteiger partial charge on any atom is 3.00 e. The molecule has 0 aromatic carbocycles. The van der Waals surface area contributed by atoms with E-state index >= 15 is 0 Å². The van der Waals surface area contributed by atoms with Gasteiger partial charge in [0.05, 0.1) is 22.8 Å². The largest absolute Gasteiger partial charge is 3.00 e. The quantitative estimate of drug-likeness (QED) is 0.323. The first kappa shape index (κ1) is 29.9. The van der Waals surface area contributed by atoms with E-state index in [0.29, 0.717) is 0 Å². The number of halogens is 4. The van der Waals surface area contributed by atoms with Gasteiger partial charge in [0.25, 0.3) is 0 Å². The van der Waals surface area contributed by atoms with Crippen molar-refractivity contribution in [2.24, 2.45) is 20.6 Å². The maximum absolute atomic E-state index is 13.2. The third-order valence-electron chi connectivity index (χ3n) is 2.30. The zero-order valence-corrected chi connectivity index (χ0v) is 16.5. The van der Waals surface area contributed by atoms with Gasteiger partial charge in [0.2, 0.25) is 0 Å². The Morgan fingerprint density at radius 3 is 0.926 bits per heavy atom. The normalized spacial score (nSPS) is 26.4.